The predicted molar refractivity (Wildman–Crippen MR) is 60.7 cm³/mol. The molecule has 15 heavy (non-hydrogen) atoms. The Kier molecular flexibility index (Phi) is 4.99. The van der Waals surface area contributed by atoms with Crippen LogP contribution in [0.4, 0.5) is 0 Å². The minimum atomic E-state index is -0.154. The Morgan fingerprint density at radius 3 is 2.20 bits per heavy atom. The van der Waals surface area contributed by atoms with Crippen molar-refractivity contribution < 1.29 is 9.47 Å². The second kappa shape index (κ2) is 5.80. The van der Waals surface area contributed by atoms with E-state index in [1.807, 2.05) is 0 Å². The van der Waals surface area contributed by atoms with Crippen LogP contribution in [0.15, 0.2) is 0 Å². The molecule has 90 valence electrons. The first-order valence-electron chi connectivity index (χ1n) is 5.67. The van der Waals surface area contributed by atoms with E-state index in [-0.39, 0.29) is 11.8 Å². The van der Waals surface area contributed by atoms with Gasteiger partial charge in [-0.2, -0.15) is 0 Å². The van der Waals surface area contributed by atoms with E-state index < -0.39 is 0 Å². The fourth-order valence-corrected chi connectivity index (χ4v) is 2.22. The lowest BCUT2D eigenvalue weighted by atomic mass is 9.95. The molecule has 1 saturated heterocycles. The van der Waals surface area contributed by atoms with Gasteiger partial charge in [0.1, 0.15) is 0 Å². The van der Waals surface area contributed by atoms with Crippen molar-refractivity contribution in [1.82, 2.24) is 4.90 Å². The van der Waals surface area contributed by atoms with Gasteiger partial charge in [-0.05, 0) is 32.9 Å². The summed E-state index contributed by atoms with van der Waals surface area (Å²) in [7, 11) is 3.35. The first kappa shape index (κ1) is 12.9. The standard InChI is InChI=1S/C11H24N2O2/c1-11(9-12,8-10(14-2)15-3)13-6-4-5-7-13/h10H,4-9,12H2,1-3H3. The zero-order chi connectivity index (χ0) is 11.3. The average Bonchev–Trinajstić information content (AvgIpc) is 2.79. The molecule has 1 atom stereocenters. The van der Waals surface area contributed by atoms with E-state index in [1.165, 1.54) is 12.8 Å². The van der Waals surface area contributed by atoms with Gasteiger partial charge in [0.15, 0.2) is 6.29 Å². The van der Waals surface area contributed by atoms with E-state index in [1.54, 1.807) is 14.2 Å². The summed E-state index contributed by atoms with van der Waals surface area (Å²) >= 11 is 0. The molecule has 4 heteroatoms. The van der Waals surface area contributed by atoms with E-state index in [0.29, 0.717) is 6.54 Å². The van der Waals surface area contributed by atoms with Gasteiger partial charge in [-0.15, -0.1) is 0 Å². The number of nitrogens with zero attached hydrogens (tertiary/aromatic N) is 1. The second-order valence-electron chi connectivity index (χ2n) is 4.50. The molecule has 1 unspecified atom stereocenters. The summed E-state index contributed by atoms with van der Waals surface area (Å²) in [5.41, 5.74) is 5.90. The van der Waals surface area contributed by atoms with Crippen LogP contribution in [0.2, 0.25) is 0 Å². The van der Waals surface area contributed by atoms with Crippen LogP contribution in [-0.2, 0) is 9.47 Å². The van der Waals surface area contributed by atoms with Crippen LogP contribution < -0.4 is 5.73 Å². The molecular formula is C11H24N2O2. The van der Waals surface area contributed by atoms with Crippen LogP contribution in [0.3, 0.4) is 0 Å². The molecule has 1 heterocycles. The van der Waals surface area contributed by atoms with Crippen molar-refractivity contribution in [3.05, 3.63) is 0 Å². The quantitative estimate of drug-likeness (QED) is 0.667. The number of rotatable bonds is 6. The third-order valence-corrected chi connectivity index (χ3v) is 3.44. The highest BCUT2D eigenvalue weighted by atomic mass is 16.7. The zero-order valence-corrected chi connectivity index (χ0v) is 10.2. The van der Waals surface area contributed by atoms with Crippen LogP contribution in [0, 0.1) is 0 Å². The number of ether oxygens (including phenoxy) is 2. The molecule has 0 aromatic carbocycles. The molecule has 4 nitrogen and oxygen atoms in total. The van der Waals surface area contributed by atoms with E-state index >= 15 is 0 Å². The van der Waals surface area contributed by atoms with E-state index in [0.717, 1.165) is 19.5 Å². The van der Waals surface area contributed by atoms with E-state index in [9.17, 15) is 0 Å². The normalized spacial score (nSPS) is 22.2. The molecule has 0 saturated carbocycles. The van der Waals surface area contributed by atoms with Crippen molar-refractivity contribution in [1.29, 1.82) is 0 Å². The van der Waals surface area contributed by atoms with Crippen molar-refractivity contribution >= 4 is 0 Å². The number of nitrogens with two attached hydrogens (primary N) is 1. The predicted octanol–water partition coefficient (Wildman–Crippen LogP) is 0.809. The molecule has 0 aliphatic carbocycles. The van der Waals surface area contributed by atoms with Crippen molar-refractivity contribution in [3.8, 4) is 0 Å². The molecule has 0 bridgehead atoms. The van der Waals surface area contributed by atoms with Gasteiger partial charge in [0.25, 0.3) is 0 Å². The van der Waals surface area contributed by atoms with Crippen LogP contribution in [0.5, 0.6) is 0 Å². The van der Waals surface area contributed by atoms with Crippen LogP contribution in [0.1, 0.15) is 26.2 Å². The maximum absolute atomic E-state index is 5.89. The van der Waals surface area contributed by atoms with Gasteiger partial charge in [0, 0.05) is 32.7 Å². The van der Waals surface area contributed by atoms with Gasteiger partial charge in [-0.3, -0.25) is 4.90 Å². The van der Waals surface area contributed by atoms with Gasteiger partial charge in [0.05, 0.1) is 0 Å². The smallest absolute Gasteiger partial charge is 0.158 e. The van der Waals surface area contributed by atoms with E-state index in [4.69, 9.17) is 15.2 Å². The Balaban J connectivity index is 2.57. The summed E-state index contributed by atoms with van der Waals surface area (Å²) in [5.74, 6) is 0. The van der Waals surface area contributed by atoms with Gasteiger partial charge >= 0.3 is 0 Å². The summed E-state index contributed by atoms with van der Waals surface area (Å²) < 4.78 is 10.5. The first-order chi connectivity index (χ1) is 7.16. The maximum atomic E-state index is 5.89. The molecule has 0 spiro atoms. The van der Waals surface area contributed by atoms with Crippen molar-refractivity contribution in [2.75, 3.05) is 33.9 Å². The Bertz CT molecular complexity index is 179. The van der Waals surface area contributed by atoms with Crippen LogP contribution in [0.25, 0.3) is 0 Å². The average molecular weight is 216 g/mol. The lowest BCUT2D eigenvalue weighted by Crippen LogP contribution is -2.52. The van der Waals surface area contributed by atoms with Crippen molar-refractivity contribution in [2.45, 2.75) is 38.0 Å². The molecule has 2 N–H and O–H groups in total. The lowest BCUT2D eigenvalue weighted by molar-refractivity contribution is -0.127. The largest absolute Gasteiger partial charge is 0.356 e. The Morgan fingerprint density at radius 2 is 1.80 bits per heavy atom. The van der Waals surface area contributed by atoms with Gasteiger partial charge in [-0.1, -0.05) is 0 Å². The highest BCUT2D eigenvalue weighted by Gasteiger charge is 2.34. The van der Waals surface area contributed by atoms with Crippen LogP contribution in [-0.4, -0.2) is 50.6 Å². The van der Waals surface area contributed by atoms with Crippen molar-refractivity contribution in [2.24, 2.45) is 5.73 Å². The molecule has 1 aliphatic heterocycles. The van der Waals surface area contributed by atoms with E-state index in [2.05, 4.69) is 11.8 Å². The van der Waals surface area contributed by atoms with Crippen molar-refractivity contribution in [3.63, 3.8) is 0 Å². The highest BCUT2D eigenvalue weighted by molar-refractivity contribution is 4.90. The minimum Gasteiger partial charge on any atom is -0.356 e. The molecule has 0 amide bonds. The van der Waals surface area contributed by atoms with Crippen LogP contribution >= 0.6 is 0 Å². The van der Waals surface area contributed by atoms with Gasteiger partial charge in [0.2, 0.25) is 0 Å². The Labute approximate surface area is 92.7 Å². The summed E-state index contributed by atoms with van der Waals surface area (Å²) in [4.78, 5) is 2.46. The molecule has 0 aromatic rings. The first-order valence-corrected chi connectivity index (χ1v) is 5.67. The fourth-order valence-electron chi connectivity index (χ4n) is 2.22. The number of hydrogen-bond acceptors (Lipinski definition) is 4. The minimum absolute atomic E-state index is 0.00713. The molecule has 0 aromatic heterocycles. The molecular weight excluding hydrogens is 192 g/mol. The van der Waals surface area contributed by atoms with Gasteiger partial charge in [-0.25, -0.2) is 0 Å². The summed E-state index contributed by atoms with van der Waals surface area (Å²) in [6.45, 7) is 5.14. The molecule has 1 aliphatic rings. The lowest BCUT2D eigenvalue weighted by Gasteiger charge is -2.39. The number of hydrogen-bond donors (Lipinski definition) is 1. The second-order valence-corrected chi connectivity index (χ2v) is 4.50. The zero-order valence-electron chi connectivity index (χ0n) is 10.2. The molecule has 1 fully saturated rings. The Morgan fingerprint density at radius 1 is 1.27 bits per heavy atom. The maximum Gasteiger partial charge on any atom is 0.158 e. The topological polar surface area (TPSA) is 47.7 Å². The third-order valence-electron chi connectivity index (χ3n) is 3.44. The summed E-state index contributed by atoms with van der Waals surface area (Å²) in [6, 6.07) is 0. The Hall–Kier alpha value is -0.160. The third kappa shape index (κ3) is 3.14. The fraction of sp³-hybridized carbons (Fsp3) is 1.00. The number of likely N-dealkylation sites (tertiary alicyclic amines) is 1. The SMILES string of the molecule is COC(CC(C)(CN)N1CCCC1)OC. The molecule has 1 rings (SSSR count). The monoisotopic (exact) mass is 216 g/mol. The summed E-state index contributed by atoms with van der Waals surface area (Å²) in [6.07, 6.45) is 3.23. The highest BCUT2D eigenvalue weighted by Crippen LogP contribution is 2.25. The summed E-state index contributed by atoms with van der Waals surface area (Å²) in [5, 5.41) is 0. The van der Waals surface area contributed by atoms with Gasteiger partial charge < -0.3 is 15.2 Å². The molecule has 0 radical (unpaired) electrons. The number of methoxy groups -OCH3 is 2.